The second-order valence-electron chi connectivity index (χ2n) is 6.62. The Morgan fingerprint density at radius 1 is 1.29 bits per heavy atom. The second-order valence-corrected chi connectivity index (χ2v) is 7.46. The fraction of sp³-hybridized carbons (Fsp3) is 0.450. The van der Waals surface area contributed by atoms with Crippen LogP contribution in [-0.2, 0) is 4.74 Å². The number of hydrogen-bond acceptors (Lipinski definition) is 6. The molecular weight excluding hydrogens is 376 g/mol. The minimum Gasteiger partial charge on any atom is -0.497 e. The van der Waals surface area contributed by atoms with Crippen LogP contribution in [0.5, 0.6) is 5.75 Å². The smallest absolute Gasteiger partial charge is 0.414 e. The van der Waals surface area contributed by atoms with Crippen molar-refractivity contribution < 1.29 is 14.3 Å². The molecule has 3 rings (SSSR count). The molecule has 0 saturated heterocycles. The second kappa shape index (κ2) is 9.54. The molecule has 7 nitrogen and oxygen atoms in total. The maximum absolute atomic E-state index is 12.1. The Bertz CT molecular complexity index is 904. The molecule has 1 unspecified atom stereocenters. The summed E-state index contributed by atoms with van der Waals surface area (Å²) in [5.41, 5.74) is 1.90. The molecule has 0 fully saturated rings. The van der Waals surface area contributed by atoms with Crippen LogP contribution in [0.1, 0.15) is 39.5 Å². The lowest BCUT2D eigenvalue weighted by Gasteiger charge is -2.14. The normalized spacial score (nSPS) is 12.1. The molecule has 2 heterocycles. The quantitative estimate of drug-likeness (QED) is 0.530. The first-order chi connectivity index (χ1) is 13.6. The van der Waals surface area contributed by atoms with Gasteiger partial charge >= 0.3 is 6.09 Å². The maximum Gasteiger partial charge on any atom is 0.414 e. The van der Waals surface area contributed by atoms with Crippen molar-refractivity contribution in [2.24, 2.45) is 5.92 Å². The number of unbranched alkanes of at least 4 members (excludes halogenated alkanes) is 1. The minimum atomic E-state index is -0.515. The average Bonchev–Trinajstić information content (AvgIpc) is 3.28. The Morgan fingerprint density at radius 3 is 2.75 bits per heavy atom. The van der Waals surface area contributed by atoms with Crippen LogP contribution in [0.3, 0.4) is 0 Å². The Morgan fingerprint density at radius 2 is 2.07 bits per heavy atom. The number of aromatic nitrogens is 3. The zero-order valence-corrected chi connectivity index (χ0v) is 17.3. The molecule has 0 aliphatic carbocycles. The van der Waals surface area contributed by atoms with Gasteiger partial charge in [0.1, 0.15) is 5.75 Å². The number of anilines is 1. The molecule has 0 aliphatic heterocycles. The predicted octanol–water partition coefficient (Wildman–Crippen LogP) is 5.23. The van der Waals surface area contributed by atoms with Gasteiger partial charge in [0, 0.05) is 10.9 Å². The van der Waals surface area contributed by atoms with Gasteiger partial charge in [-0.3, -0.25) is 5.32 Å². The molecule has 28 heavy (non-hydrogen) atoms. The number of ether oxygens (including phenoxy) is 2. The SMILES string of the molecule is CCCCC(CC)COC(=O)Nc1nc2scc(-c3ccc(OC)cc3)n2n1. The van der Waals surface area contributed by atoms with Crippen molar-refractivity contribution in [1.82, 2.24) is 14.6 Å². The Hall–Kier alpha value is -2.61. The lowest BCUT2D eigenvalue weighted by atomic mass is 10.0. The molecule has 8 heteroatoms. The van der Waals surface area contributed by atoms with Gasteiger partial charge in [0.05, 0.1) is 19.4 Å². The summed E-state index contributed by atoms with van der Waals surface area (Å²) in [7, 11) is 1.64. The number of carbonyl (C=O) groups excluding carboxylic acids is 1. The number of hydrogen-bond donors (Lipinski definition) is 1. The van der Waals surface area contributed by atoms with Crippen LogP contribution in [0.4, 0.5) is 10.7 Å². The van der Waals surface area contributed by atoms with Crippen molar-refractivity contribution in [3.63, 3.8) is 0 Å². The third-order valence-electron chi connectivity index (χ3n) is 4.67. The van der Waals surface area contributed by atoms with Crippen molar-refractivity contribution in [3.8, 4) is 17.0 Å². The Labute approximate surface area is 168 Å². The monoisotopic (exact) mass is 402 g/mol. The predicted molar refractivity (Wildman–Crippen MR) is 111 cm³/mol. The standard InChI is InChI=1S/C20H26N4O3S/c1-4-6-7-14(5-2)12-27-20(25)22-18-21-19-24(23-18)17(13-28-19)15-8-10-16(26-3)11-9-15/h8-11,13-14H,4-7,12H2,1-3H3,(H,22,23,25). The number of fused-ring (bicyclic) bond motifs is 1. The van der Waals surface area contributed by atoms with E-state index >= 15 is 0 Å². The van der Waals surface area contributed by atoms with Crippen LogP contribution in [-0.4, -0.2) is 34.4 Å². The van der Waals surface area contributed by atoms with E-state index in [4.69, 9.17) is 9.47 Å². The molecule has 0 spiro atoms. The van der Waals surface area contributed by atoms with Gasteiger partial charge < -0.3 is 9.47 Å². The van der Waals surface area contributed by atoms with Gasteiger partial charge in [0.2, 0.25) is 4.96 Å². The third-order valence-corrected chi connectivity index (χ3v) is 5.49. The summed E-state index contributed by atoms with van der Waals surface area (Å²) in [5.74, 6) is 1.43. The summed E-state index contributed by atoms with van der Waals surface area (Å²) in [5, 5.41) is 9.02. The number of nitrogens with one attached hydrogen (secondary N) is 1. The highest BCUT2D eigenvalue weighted by atomic mass is 32.1. The van der Waals surface area contributed by atoms with Crippen LogP contribution in [0.25, 0.3) is 16.2 Å². The van der Waals surface area contributed by atoms with Gasteiger partial charge in [-0.1, -0.05) is 33.1 Å². The largest absolute Gasteiger partial charge is 0.497 e. The number of thiazole rings is 1. The van der Waals surface area contributed by atoms with Crippen LogP contribution in [0.15, 0.2) is 29.6 Å². The van der Waals surface area contributed by atoms with Crippen LogP contribution < -0.4 is 10.1 Å². The zero-order valence-electron chi connectivity index (χ0n) is 16.5. The lowest BCUT2D eigenvalue weighted by molar-refractivity contribution is 0.136. The van der Waals surface area contributed by atoms with Gasteiger partial charge in [-0.15, -0.1) is 16.4 Å². The van der Waals surface area contributed by atoms with E-state index in [1.807, 2.05) is 29.6 Å². The van der Waals surface area contributed by atoms with Crippen molar-refractivity contribution in [1.29, 1.82) is 0 Å². The van der Waals surface area contributed by atoms with E-state index in [0.717, 1.165) is 42.7 Å². The molecule has 0 bridgehead atoms. The summed E-state index contributed by atoms with van der Waals surface area (Å²) in [6, 6.07) is 7.72. The highest BCUT2D eigenvalue weighted by Crippen LogP contribution is 2.27. The van der Waals surface area contributed by atoms with Crippen molar-refractivity contribution in [3.05, 3.63) is 29.6 Å². The number of rotatable bonds is 9. The van der Waals surface area contributed by atoms with E-state index in [1.54, 1.807) is 11.6 Å². The average molecular weight is 403 g/mol. The summed E-state index contributed by atoms with van der Waals surface area (Å²) >= 11 is 1.46. The third kappa shape index (κ3) is 4.81. The molecule has 0 aliphatic rings. The van der Waals surface area contributed by atoms with Gasteiger partial charge in [0.15, 0.2) is 0 Å². The number of methoxy groups -OCH3 is 1. The van der Waals surface area contributed by atoms with E-state index in [-0.39, 0.29) is 5.95 Å². The first kappa shape index (κ1) is 20.1. The Balaban J connectivity index is 1.64. The topological polar surface area (TPSA) is 77.8 Å². The van der Waals surface area contributed by atoms with Crippen LogP contribution in [0, 0.1) is 5.92 Å². The van der Waals surface area contributed by atoms with E-state index in [0.29, 0.717) is 17.5 Å². The van der Waals surface area contributed by atoms with E-state index in [9.17, 15) is 4.79 Å². The van der Waals surface area contributed by atoms with Gasteiger partial charge in [0.25, 0.3) is 5.95 Å². The highest BCUT2D eigenvalue weighted by Gasteiger charge is 2.15. The van der Waals surface area contributed by atoms with Crippen LogP contribution in [0.2, 0.25) is 0 Å². The summed E-state index contributed by atoms with van der Waals surface area (Å²) in [4.78, 5) is 17.2. The molecule has 0 radical (unpaired) electrons. The van der Waals surface area contributed by atoms with Gasteiger partial charge in [-0.05, 0) is 36.6 Å². The molecule has 1 atom stereocenters. The minimum absolute atomic E-state index is 0.244. The molecule has 3 aromatic rings. The zero-order chi connectivity index (χ0) is 19.9. The highest BCUT2D eigenvalue weighted by molar-refractivity contribution is 7.15. The summed E-state index contributed by atoms with van der Waals surface area (Å²) in [6.45, 7) is 4.70. The number of carbonyl (C=O) groups is 1. The Kier molecular flexibility index (Phi) is 6.86. The number of benzene rings is 1. The first-order valence-corrected chi connectivity index (χ1v) is 10.4. The number of amides is 1. The fourth-order valence-corrected chi connectivity index (χ4v) is 3.74. The molecule has 1 amide bonds. The maximum atomic E-state index is 12.1. The first-order valence-electron chi connectivity index (χ1n) is 9.57. The molecular formula is C20H26N4O3S. The van der Waals surface area contributed by atoms with Gasteiger partial charge in [-0.25, -0.2) is 9.31 Å². The van der Waals surface area contributed by atoms with E-state index in [1.165, 1.54) is 11.3 Å². The summed E-state index contributed by atoms with van der Waals surface area (Å²) in [6.07, 6.45) is 3.85. The molecule has 150 valence electrons. The van der Waals surface area contributed by atoms with Crippen molar-refractivity contribution in [2.75, 3.05) is 19.0 Å². The van der Waals surface area contributed by atoms with E-state index < -0.39 is 6.09 Å². The van der Waals surface area contributed by atoms with Crippen molar-refractivity contribution >= 4 is 28.3 Å². The fourth-order valence-electron chi connectivity index (χ4n) is 2.91. The molecule has 1 aromatic carbocycles. The van der Waals surface area contributed by atoms with Crippen LogP contribution >= 0.6 is 11.3 Å². The summed E-state index contributed by atoms with van der Waals surface area (Å²) < 4.78 is 12.3. The van der Waals surface area contributed by atoms with Crippen molar-refractivity contribution in [2.45, 2.75) is 39.5 Å². The lowest BCUT2D eigenvalue weighted by Crippen LogP contribution is -2.19. The molecule has 2 aromatic heterocycles. The van der Waals surface area contributed by atoms with E-state index in [2.05, 4.69) is 29.2 Å². The van der Waals surface area contributed by atoms with Gasteiger partial charge in [-0.2, -0.15) is 4.98 Å². The molecule has 0 saturated carbocycles. The molecule has 1 N–H and O–H groups in total. The number of nitrogens with zero attached hydrogens (tertiary/aromatic N) is 3.